The van der Waals surface area contributed by atoms with E-state index < -0.39 is 10.0 Å². The maximum Gasteiger partial charge on any atom is 0.243 e. The number of carbonyl (C=O) groups excluding carboxylic acids is 1. The lowest BCUT2D eigenvalue weighted by Crippen LogP contribution is -2.37. The van der Waals surface area contributed by atoms with Crippen LogP contribution < -0.4 is 5.32 Å². The molecule has 0 saturated heterocycles. The zero-order valence-electron chi connectivity index (χ0n) is 16.4. The van der Waals surface area contributed by atoms with Gasteiger partial charge in [0.25, 0.3) is 0 Å². The minimum atomic E-state index is -3.61. The van der Waals surface area contributed by atoms with Gasteiger partial charge in [-0.05, 0) is 44.0 Å². The molecule has 1 saturated carbocycles. The third kappa shape index (κ3) is 3.93. The fourth-order valence-corrected chi connectivity index (χ4v) is 5.42. The lowest BCUT2D eigenvalue weighted by molar-refractivity contribution is -0.127. The number of halogens is 1. The average Bonchev–Trinajstić information content (AvgIpc) is 3.02. The Kier molecular flexibility index (Phi) is 5.68. The summed E-state index contributed by atoms with van der Waals surface area (Å²) in [5, 5.41) is 3.49. The van der Waals surface area contributed by atoms with E-state index in [0.29, 0.717) is 31.1 Å². The average molecular weight is 437 g/mol. The maximum atomic E-state index is 13.0. The van der Waals surface area contributed by atoms with Crippen LogP contribution in [0.3, 0.4) is 0 Å². The molecule has 4 rings (SSSR count). The number of amides is 1. The summed E-state index contributed by atoms with van der Waals surface area (Å²) in [6.45, 7) is 3.71. The number of imidazole rings is 1. The smallest absolute Gasteiger partial charge is 0.243 e. The van der Waals surface area contributed by atoms with Gasteiger partial charge in [-0.15, -0.1) is 0 Å². The molecule has 1 amide bonds. The van der Waals surface area contributed by atoms with Gasteiger partial charge in [0.1, 0.15) is 5.82 Å². The number of nitrogens with zero attached hydrogens (tertiary/aromatic N) is 3. The van der Waals surface area contributed by atoms with Gasteiger partial charge in [-0.1, -0.05) is 18.0 Å². The van der Waals surface area contributed by atoms with Crippen LogP contribution in [-0.4, -0.2) is 34.7 Å². The standard InChI is InChI=1S/C20H25ClN4O3S/c1-2-25-18-13-24(29(27,28)16-8-6-15(21)7-9-16)11-10-17(18)23-19(25)12-22-20(26)14-4-3-5-14/h6-9,14H,2-5,10-13H2,1H3,(H,22,26). The Balaban J connectivity index is 1.53. The van der Waals surface area contributed by atoms with E-state index >= 15 is 0 Å². The van der Waals surface area contributed by atoms with Crippen molar-refractivity contribution in [2.75, 3.05) is 6.54 Å². The second-order valence-corrected chi connectivity index (χ2v) is 9.93. The van der Waals surface area contributed by atoms with Gasteiger partial charge in [0, 0.05) is 30.5 Å². The maximum absolute atomic E-state index is 13.0. The summed E-state index contributed by atoms with van der Waals surface area (Å²) in [5.74, 6) is 1.01. The topological polar surface area (TPSA) is 84.3 Å². The van der Waals surface area contributed by atoms with Crippen molar-refractivity contribution >= 4 is 27.5 Å². The Labute approximate surface area is 176 Å². The van der Waals surface area contributed by atoms with E-state index in [1.54, 1.807) is 12.1 Å². The van der Waals surface area contributed by atoms with Crippen LogP contribution in [0.4, 0.5) is 0 Å². The van der Waals surface area contributed by atoms with E-state index in [0.717, 1.165) is 36.5 Å². The number of rotatable bonds is 6. The van der Waals surface area contributed by atoms with E-state index in [1.165, 1.54) is 16.4 Å². The van der Waals surface area contributed by atoms with Gasteiger partial charge >= 0.3 is 0 Å². The molecule has 9 heteroatoms. The van der Waals surface area contributed by atoms with Crippen LogP contribution >= 0.6 is 11.6 Å². The number of hydrogen-bond acceptors (Lipinski definition) is 4. The molecule has 1 aromatic carbocycles. The second kappa shape index (κ2) is 8.08. The quantitative estimate of drug-likeness (QED) is 0.754. The van der Waals surface area contributed by atoms with Gasteiger partial charge < -0.3 is 9.88 Å². The number of benzene rings is 1. The molecule has 2 heterocycles. The third-order valence-electron chi connectivity index (χ3n) is 5.82. The van der Waals surface area contributed by atoms with Crippen molar-refractivity contribution in [1.82, 2.24) is 19.2 Å². The Morgan fingerprint density at radius 1 is 1.28 bits per heavy atom. The van der Waals surface area contributed by atoms with E-state index in [4.69, 9.17) is 16.6 Å². The zero-order chi connectivity index (χ0) is 20.6. The van der Waals surface area contributed by atoms with E-state index in [9.17, 15) is 13.2 Å². The highest BCUT2D eigenvalue weighted by atomic mass is 35.5. The lowest BCUT2D eigenvalue weighted by Gasteiger charge is -2.27. The van der Waals surface area contributed by atoms with Crippen LogP contribution in [-0.2, 0) is 40.9 Å². The number of carbonyl (C=O) groups is 1. The van der Waals surface area contributed by atoms with E-state index in [1.807, 2.05) is 11.5 Å². The van der Waals surface area contributed by atoms with Crippen molar-refractivity contribution < 1.29 is 13.2 Å². The number of hydrogen-bond donors (Lipinski definition) is 1. The molecule has 1 aliphatic heterocycles. The van der Waals surface area contributed by atoms with Gasteiger partial charge in [0.05, 0.1) is 29.4 Å². The first kappa shape index (κ1) is 20.4. The zero-order valence-corrected chi connectivity index (χ0v) is 18.0. The normalized spacial score (nSPS) is 17.6. The van der Waals surface area contributed by atoms with Crippen molar-refractivity contribution in [3.8, 4) is 0 Å². The van der Waals surface area contributed by atoms with E-state index in [2.05, 4.69) is 5.32 Å². The number of fused-ring (bicyclic) bond motifs is 1. The van der Waals surface area contributed by atoms with E-state index in [-0.39, 0.29) is 23.3 Å². The minimum absolute atomic E-state index is 0.0896. The van der Waals surface area contributed by atoms with Crippen molar-refractivity contribution in [3.05, 3.63) is 46.5 Å². The SMILES string of the molecule is CCn1c(CNC(=O)C2CCC2)nc2c1CN(S(=O)(=O)c1ccc(Cl)cc1)CC2. The molecule has 29 heavy (non-hydrogen) atoms. The molecule has 0 radical (unpaired) electrons. The van der Waals surface area contributed by atoms with Crippen LogP contribution in [0.1, 0.15) is 43.4 Å². The van der Waals surface area contributed by atoms with Crippen LogP contribution in [0.25, 0.3) is 0 Å². The summed E-state index contributed by atoms with van der Waals surface area (Å²) in [5.41, 5.74) is 1.83. The summed E-state index contributed by atoms with van der Waals surface area (Å²) in [6, 6.07) is 6.24. The van der Waals surface area contributed by atoms with Crippen LogP contribution in [0.5, 0.6) is 0 Å². The molecule has 2 aromatic rings. The third-order valence-corrected chi connectivity index (χ3v) is 7.93. The molecule has 7 nitrogen and oxygen atoms in total. The number of aromatic nitrogens is 2. The molecular formula is C20H25ClN4O3S. The first-order valence-corrected chi connectivity index (χ1v) is 11.8. The minimum Gasteiger partial charge on any atom is -0.349 e. The number of sulfonamides is 1. The fourth-order valence-electron chi connectivity index (χ4n) is 3.90. The Bertz CT molecular complexity index is 1010. The Hall–Kier alpha value is -1.90. The molecule has 1 aliphatic carbocycles. The highest BCUT2D eigenvalue weighted by molar-refractivity contribution is 7.89. The summed E-state index contributed by atoms with van der Waals surface area (Å²) in [6.07, 6.45) is 3.59. The predicted octanol–water partition coefficient (Wildman–Crippen LogP) is 2.72. The largest absolute Gasteiger partial charge is 0.349 e. The highest BCUT2D eigenvalue weighted by Gasteiger charge is 2.32. The second-order valence-electron chi connectivity index (χ2n) is 7.55. The van der Waals surface area contributed by atoms with Crippen molar-refractivity contribution in [2.45, 2.75) is 57.1 Å². The lowest BCUT2D eigenvalue weighted by atomic mass is 9.85. The molecule has 1 N–H and O–H groups in total. The first-order valence-electron chi connectivity index (χ1n) is 10.0. The van der Waals surface area contributed by atoms with Gasteiger partial charge in [0.2, 0.25) is 15.9 Å². The van der Waals surface area contributed by atoms with Crippen LogP contribution in [0, 0.1) is 5.92 Å². The molecule has 0 unspecified atom stereocenters. The summed E-state index contributed by atoms with van der Waals surface area (Å²) in [7, 11) is -3.61. The Morgan fingerprint density at radius 3 is 2.62 bits per heavy atom. The molecule has 156 valence electrons. The van der Waals surface area contributed by atoms with Crippen LogP contribution in [0.15, 0.2) is 29.2 Å². The van der Waals surface area contributed by atoms with Crippen molar-refractivity contribution in [2.24, 2.45) is 5.92 Å². The van der Waals surface area contributed by atoms with Gasteiger partial charge in [-0.25, -0.2) is 13.4 Å². The van der Waals surface area contributed by atoms with Gasteiger partial charge in [-0.2, -0.15) is 4.31 Å². The molecule has 0 bridgehead atoms. The predicted molar refractivity (Wildman–Crippen MR) is 110 cm³/mol. The highest BCUT2D eigenvalue weighted by Crippen LogP contribution is 2.28. The van der Waals surface area contributed by atoms with Gasteiger partial charge in [0.15, 0.2) is 0 Å². The van der Waals surface area contributed by atoms with Crippen molar-refractivity contribution in [1.29, 1.82) is 0 Å². The summed E-state index contributed by atoms with van der Waals surface area (Å²) in [4.78, 5) is 17.1. The Morgan fingerprint density at radius 2 is 2.00 bits per heavy atom. The monoisotopic (exact) mass is 436 g/mol. The first-order chi connectivity index (χ1) is 13.9. The molecule has 1 fully saturated rings. The van der Waals surface area contributed by atoms with Crippen LogP contribution in [0.2, 0.25) is 5.02 Å². The molecule has 0 spiro atoms. The van der Waals surface area contributed by atoms with Gasteiger partial charge in [-0.3, -0.25) is 4.79 Å². The molecular weight excluding hydrogens is 412 g/mol. The molecule has 0 atom stereocenters. The molecule has 1 aromatic heterocycles. The number of nitrogens with one attached hydrogen (secondary N) is 1. The fraction of sp³-hybridized carbons (Fsp3) is 0.500. The molecule has 2 aliphatic rings. The summed E-state index contributed by atoms with van der Waals surface area (Å²) >= 11 is 5.89. The summed E-state index contributed by atoms with van der Waals surface area (Å²) < 4.78 is 29.6. The van der Waals surface area contributed by atoms with Crippen molar-refractivity contribution in [3.63, 3.8) is 0 Å².